The first kappa shape index (κ1) is 22.3. The summed E-state index contributed by atoms with van der Waals surface area (Å²) in [6.45, 7) is 1.42. The number of hydrogen-bond acceptors (Lipinski definition) is 5. The van der Waals surface area contributed by atoms with E-state index in [0.29, 0.717) is 17.2 Å². The van der Waals surface area contributed by atoms with Crippen molar-refractivity contribution in [3.8, 4) is 11.5 Å². The SMILES string of the molecule is Cc1ccc(S(=O)(=O)N(CC(=O)Nc2ccc3c(c2)OCO3)c2cccc(Cl)c2Cl)cc1. The van der Waals surface area contributed by atoms with Gasteiger partial charge < -0.3 is 14.8 Å². The van der Waals surface area contributed by atoms with E-state index in [4.69, 9.17) is 32.7 Å². The molecule has 0 spiro atoms. The Morgan fingerprint density at radius 3 is 2.50 bits per heavy atom. The van der Waals surface area contributed by atoms with Gasteiger partial charge in [0.1, 0.15) is 6.54 Å². The molecule has 32 heavy (non-hydrogen) atoms. The minimum absolute atomic E-state index is 0.0232. The molecule has 166 valence electrons. The summed E-state index contributed by atoms with van der Waals surface area (Å²) in [6, 6.07) is 15.8. The summed E-state index contributed by atoms with van der Waals surface area (Å²) < 4.78 is 38.4. The van der Waals surface area contributed by atoms with Crippen LogP contribution in [0.2, 0.25) is 10.0 Å². The molecule has 1 heterocycles. The highest BCUT2D eigenvalue weighted by atomic mass is 35.5. The number of amides is 1. The average Bonchev–Trinajstić information content (AvgIpc) is 3.22. The second kappa shape index (κ2) is 8.90. The molecule has 0 aliphatic carbocycles. The van der Waals surface area contributed by atoms with Crippen LogP contribution in [-0.4, -0.2) is 27.7 Å². The molecule has 7 nitrogen and oxygen atoms in total. The molecule has 1 aliphatic heterocycles. The number of carbonyl (C=O) groups excluding carboxylic acids is 1. The maximum atomic E-state index is 13.5. The number of anilines is 2. The first-order valence-electron chi connectivity index (χ1n) is 9.48. The van der Waals surface area contributed by atoms with Crippen molar-refractivity contribution in [3.05, 3.63) is 76.3 Å². The second-order valence-corrected chi connectivity index (χ2v) is 9.66. The summed E-state index contributed by atoms with van der Waals surface area (Å²) in [7, 11) is -4.12. The van der Waals surface area contributed by atoms with Gasteiger partial charge in [-0.05, 0) is 43.3 Å². The normalized spacial score (nSPS) is 12.5. The quantitative estimate of drug-likeness (QED) is 0.530. The van der Waals surface area contributed by atoms with Gasteiger partial charge in [-0.3, -0.25) is 9.10 Å². The third kappa shape index (κ3) is 4.48. The van der Waals surface area contributed by atoms with Gasteiger partial charge in [-0.2, -0.15) is 0 Å². The lowest BCUT2D eigenvalue weighted by molar-refractivity contribution is -0.114. The van der Waals surface area contributed by atoms with Crippen LogP contribution in [0.3, 0.4) is 0 Å². The molecule has 10 heteroatoms. The van der Waals surface area contributed by atoms with E-state index in [1.165, 1.54) is 24.3 Å². The van der Waals surface area contributed by atoms with E-state index in [9.17, 15) is 13.2 Å². The minimum Gasteiger partial charge on any atom is -0.454 e. The van der Waals surface area contributed by atoms with Crippen molar-refractivity contribution in [2.45, 2.75) is 11.8 Å². The smallest absolute Gasteiger partial charge is 0.264 e. The molecule has 3 aromatic carbocycles. The van der Waals surface area contributed by atoms with Crippen LogP contribution in [0.15, 0.2) is 65.6 Å². The highest BCUT2D eigenvalue weighted by Crippen LogP contribution is 2.36. The molecule has 0 saturated heterocycles. The molecular formula is C22H18Cl2N2O5S. The van der Waals surface area contributed by atoms with Crippen LogP contribution in [-0.2, 0) is 14.8 Å². The van der Waals surface area contributed by atoms with Crippen molar-refractivity contribution in [1.82, 2.24) is 0 Å². The van der Waals surface area contributed by atoms with E-state index in [1.54, 1.807) is 36.4 Å². The Balaban J connectivity index is 1.67. The van der Waals surface area contributed by atoms with Crippen molar-refractivity contribution < 1.29 is 22.7 Å². The number of halogens is 2. The molecule has 0 bridgehead atoms. The van der Waals surface area contributed by atoms with Crippen LogP contribution >= 0.6 is 23.2 Å². The summed E-state index contributed by atoms with van der Waals surface area (Å²) in [5, 5.41) is 2.88. The molecule has 1 N–H and O–H groups in total. The molecule has 0 saturated carbocycles. The third-order valence-electron chi connectivity index (χ3n) is 4.75. The summed E-state index contributed by atoms with van der Waals surface area (Å²) in [5.41, 5.74) is 1.43. The molecule has 4 rings (SSSR count). The van der Waals surface area contributed by atoms with Gasteiger partial charge in [-0.15, -0.1) is 0 Å². The lowest BCUT2D eigenvalue weighted by atomic mass is 10.2. The Bertz CT molecular complexity index is 1280. The third-order valence-corrected chi connectivity index (χ3v) is 7.34. The highest BCUT2D eigenvalue weighted by molar-refractivity contribution is 7.92. The Hall–Kier alpha value is -2.94. The van der Waals surface area contributed by atoms with Crippen LogP contribution < -0.4 is 19.1 Å². The topological polar surface area (TPSA) is 84.9 Å². The lowest BCUT2D eigenvalue weighted by Crippen LogP contribution is -2.38. The zero-order valence-corrected chi connectivity index (χ0v) is 19.2. The number of hydrogen-bond donors (Lipinski definition) is 1. The highest BCUT2D eigenvalue weighted by Gasteiger charge is 2.29. The summed E-state index contributed by atoms with van der Waals surface area (Å²) in [5.74, 6) is 0.484. The van der Waals surface area contributed by atoms with E-state index in [1.807, 2.05) is 6.92 Å². The minimum atomic E-state index is -4.12. The van der Waals surface area contributed by atoms with E-state index in [2.05, 4.69) is 5.32 Å². The Morgan fingerprint density at radius 1 is 1.03 bits per heavy atom. The summed E-state index contributed by atoms with van der Waals surface area (Å²) in [6.07, 6.45) is 0. The van der Waals surface area contributed by atoms with Crippen LogP contribution in [0.5, 0.6) is 11.5 Å². The zero-order valence-electron chi connectivity index (χ0n) is 16.8. The number of aryl methyl sites for hydroxylation is 1. The van der Waals surface area contributed by atoms with Crippen molar-refractivity contribution in [2.75, 3.05) is 23.0 Å². The molecule has 0 aromatic heterocycles. The van der Waals surface area contributed by atoms with Crippen LogP contribution in [0, 0.1) is 6.92 Å². The summed E-state index contributed by atoms with van der Waals surface area (Å²) >= 11 is 12.4. The van der Waals surface area contributed by atoms with Gasteiger partial charge in [0, 0.05) is 11.8 Å². The van der Waals surface area contributed by atoms with Crippen molar-refractivity contribution in [1.29, 1.82) is 0 Å². The van der Waals surface area contributed by atoms with Gasteiger partial charge in [-0.25, -0.2) is 8.42 Å². The molecule has 0 unspecified atom stereocenters. The van der Waals surface area contributed by atoms with E-state index in [0.717, 1.165) is 9.87 Å². The monoisotopic (exact) mass is 492 g/mol. The Labute approximate surface area is 195 Å². The number of fused-ring (bicyclic) bond motifs is 1. The molecule has 3 aromatic rings. The van der Waals surface area contributed by atoms with Gasteiger partial charge in [0.2, 0.25) is 12.7 Å². The van der Waals surface area contributed by atoms with E-state index < -0.39 is 22.5 Å². The van der Waals surface area contributed by atoms with Gasteiger partial charge in [-0.1, -0.05) is 47.0 Å². The first-order valence-corrected chi connectivity index (χ1v) is 11.7. The number of ether oxygens (including phenoxy) is 2. The molecule has 0 atom stereocenters. The van der Waals surface area contributed by atoms with Crippen LogP contribution in [0.4, 0.5) is 11.4 Å². The van der Waals surface area contributed by atoms with Gasteiger partial charge in [0.05, 0.1) is 20.6 Å². The van der Waals surface area contributed by atoms with E-state index >= 15 is 0 Å². The van der Waals surface area contributed by atoms with Crippen molar-refractivity contribution in [2.24, 2.45) is 0 Å². The second-order valence-electron chi connectivity index (χ2n) is 7.01. The predicted octanol–water partition coefficient (Wildman–Crippen LogP) is 4.86. The van der Waals surface area contributed by atoms with Crippen LogP contribution in [0.25, 0.3) is 0 Å². The number of nitrogens with one attached hydrogen (secondary N) is 1. The zero-order chi connectivity index (χ0) is 22.9. The predicted molar refractivity (Wildman–Crippen MR) is 123 cm³/mol. The first-order chi connectivity index (χ1) is 15.3. The molecule has 1 aliphatic rings. The molecule has 0 radical (unpaired) electrons. The Kier molecular flexibility index (Phi) is 6.19. The fourth-order valence-corrected chi connectivity index (χ4v) is 5.01. The average molecular weight is 493 g/mol. The fraction of sp³-hybridized carbons (Fsp3) is 0.136. The van der Waals surface area contributed by atoms with Crippen molar-refractivity contribution in [3.63, 3.8) is 0 Å². The molecular weight excluding hydrogens is 475 g/mol. The van der Waals surface area contributed by atoms with Gasteiger partial charge in [0.25, 0.3) is 10.0 Å². The number of nitrogens with zero attached hydrogens (tertiary/aromatic N) is 1. The number of rotatable bonds is 6. The Morgan fingerprint density at radius 2 is 1.75 bits per heavy atom. The number of sulfonamides is 1. The standard InChI is InChI=1S/C22H18Cl2N2O5S/c1-14-5-8-16(9-6-14)32(28,29)26(18-4-2-3-17(23)22(18)24)12-21(27)25-15-7-10-19-20(11-15)31-13-30-19/h2-11H,12-13H2,1H3,(H,25,27). The molecule has 1 amide bonds. The number of benzene rings is 3. The number of carbonyl (C=O) groups is 1. The van der Waals surface area contributed by atoms with Crippen molar-refractivity contribution >= 4 is 50.5 Å². The van der Waals surface area contributed by atoms with Gasteiger partial charge in [0.15, 0.2) is 11.5 Å². The fourth-order valence-electron chi connectivity index (χ4n) is 3.13. The molecule has 0 fully saturated rings. The summed E-state index contributed by atoms with van der Waals surface area (Å²) in [4.78, 5) is 12.9. The van der Waals surface area contributed by atoms with Crippen LogP contribution in [0.1, 0.15) is 5.56 Å². The largest absolute Gasteiger partial charge is 0.454 e. The van der Waals surface area contributed by atoms with Gasteiger partial charge >= 0.3 is 0 Å². The maximum absolute atomic E-state index is 13.5. The maximum Gasteiger partial charge on any atom is 0.264 e. The van der Waals surface area contributed by atoms with E-state index in [-0.39, 0.29) is 27.4 Å². The lowest BCUT2D eigenvalue weighted by Gasteiger charge is -2.25.